The number of benzene rings is 1. The fraction of sp³-hybridized carbons (Fsp3) is 0.429. The van der Waals surface area contributed by atoms with E-state index in [1.807, 2.05) is 7.05 Å². The molecule has 1 rings (SSSR count). The van der Waals surface area contributed by atoms with Crippen LogP contribution in [0.3, 0.4) is 0 Å². The van der Waals surface area contributed by atoms with Crippen LogP contribution in [0.4, 0.5) is 0 Å². The fourth-order valence-electron chi connectivity index (χ4n) is 1.53. The molecule has 0 heterocycles. The predicted octanol–water partition coefficient (Wildman–Crippen LogP) is 3.47. The summed E-state index contributed by atoms with van der Waals surface area (Å²) in [6.45, 7) is 8.47. The van der Waals surface area contributed by atoms with Gasteiger partial charge < -0.3 is 5.32 Å². The molecule has 1 atom stereocenters. The van der Waals surface area contributed by atoms with E-state index >= 15 is 0 Å². The van der Waals surface area contributed by atoms with Crippen LogP contribution in [0.15, 0.2) is 30.8 Å². The second-order valence-electron chi connectivity index (χ2n) is 4.14. The normalized spacial score (nSPS) is 12.2. The molecular weight excluding hydrogens is 182 g/mol. The molecule has 1 aromatic rings. The van der Waals surface area contributed by atoms with Crippen molar-refractivity contribution in [2.24, 2.45) is 5.92 Å². The maximum Gasteiger partial charge on any atom is 0.0338 e. The van der Waals surface area contributed by atoms with Gasteiger partial charge in [0.1, 0.15) is 0 Å². The van der Waals surface area contributed by atoms with Crippen molar-refractivity contribution in [1.82, 2.24) is 5.32 Å². The summed E-state index contributed by atoms with van der Waals surface area (Å²) < 4.78 is 0. The third kappa shape index (κ3) is 3.43. The van der Waals surface area contributed by atoms with Crippen LogP contribution in [-0.2, 0) is 6.42 Å². The summed E-state index contributed by atoms with van der Waals surface area (Å²) in [5.41, 5.74) is 3.56. The van der Waals surface area contributed by atoms with Gasteiger partial charge in [0.05, 0.1) is 0 Å². The molecule has 0 bridgehead atoms. The standard InChI is InChI=1S/C14H21N/c1-5-11(2)10-13-6-8-14(9-7-13)12(3)15-4/h6-9,11,15H,3,5,10H2,1-2,4H3. The van der Waals surface area contributed by atoms with Crippen LogP contribution in [0.1, 0.15) is 31.4 Å². The van der Waals surface area contributed by atoms with E-state index in [2.05, 4.69) is 50.0 Å². The smallest absolute Gasteiger partial charge is 0.0338 e. The highest BCUT2D eigenvalue weighted by atomic mass is 14.8. The molecule has 1 nitrogen and oxygen atoms in total. The molecule has 0 fully saturated rings. The van der Waals surface area contributed by atoms with Crippen molar-refractivity contribution >= 4 is 5.70 Å². The lowest BCUT2D eigenvalue weighted by Gasteiger charge is -2.10. The maximum absolute atomic E-state index is 3.94. The molecule has 82 valence electrons. The summed E-state index contributed by atoms with van der Waals surface area (Å²) in [6.07, 6.45) is 2.41. The minimum absolute atomic E-state index is 0.767. The lowest BCUT2D eigenvalue weighted by molar-refractivity contribution is 0.560. The van der Waals surface area contributed by atoms with Gasteiger partial charge >= 0.3 is 0 Å². The van der Waals surface area contributed by atoms with E-state index in [1.54, 1.807) is 0 Å². The van der Waals surface area contributed by atoms with Crippen LogP contribution < -0.4 is 5.32 Å². The Balaban J connectivity index is 2.68. The Hall–Kier alpha value is -1.24. The number of hydrogen-bond donors (Lipinski definition) is 1. The van der Waals surface area contributed by atoms with Gasteiger partial charge in [0.15, 0.2) is 0 Å². The highest BCUT2D eigenvalue weighted by Gasteiger charge is 2.01. The third-order valence-corrected chi connectivity index (χ3v) is 2.89. The van der Waals surface area contributed by atoms with Crippen molar-refractivity contribution in [2.45, 2.75) is 26.7 Å². The van der Waals surface area contributed by atoms with Crippen molar-refractivity contribution in [2.75, 3.05) is 7.05 Å². The number of rotatable bonds is 5. The first-order chi connectivity index (χ1) is 7.17. The van der Waals surface area contributed by atoms with Crippen molar-refractivity contribution < 1.29 is 0 Å². The Bertz CT molecular complexity index is 311. The zero-order valence-electron chi connectivity index (χ0n) is 10.0. The Morgan fingerprint density at radius 2 is 1.93 bits per heavy atom. The van der Waals surface area contributed by atoms with E-state index < -0.39 is 0 Å². The first kappa shape index (κ1) is 11.8. The maximum atomic E-state index is 3.94. The Labute approximate surface area is 93.2 Å². The van der Waals surface area contributed by atoms with Gasteiger partial charge in [0.2, 0.25) is 0 Å². The summed E-state index contributed by atoms with van der Waals surface area (Å²) >= 11 is 0. The molecule has 0 amide bonds. The van der Waals surface area contributed by atoms with Gasteiger partial charge in [-0.1, -0.05) is 51.1 Å². The van der Waals surface area contributed by atoms with Crippen LogP contribution in [0, 0.1) is 5.92 Å². The molecule has 0 aromatic heterocycles. The average Bonchev–Trinajstić information content (AvgIpc) is 2.29. The molecule has 0 saturated heterocycles. The van der Waals surface area contributed by atoms with Crippen LogP contribution in [0.5, 0.6) is 0 Å². The summed E-state index contributed by atoms with van der Waals surface area (Å²) in [7, 11) is 1.90. The first-order valence-electron chi connectivity index (χ1n) is 5.63. The van der Waals surface area contributed by atoms with Gasteiger partial charge in [0, 0.05) is 12.7 Å². The molecule has 0 aliphatic heterocycles. The van der Waals surface area contributed by atoms with Crippen LogP contribution in [0.2, 0.25) is 0 Å². The molecule has 1 unspecified atom stereocenters. The second-order valence-corrected chi connectivity index (χ2v) is 4.14. The Kier molecular flexibility index (Phi) is 4.41. The average molecular weight is 203 g/mol. The lowest BCUT2D eigenvalue weighted by atomic mass is 9.98. The minimum atomic E-state index is 0.767. The van der Waals surface area contributed by atoms with E-state index in [9.17, 15) is 0 Å². The van der Waals surface area contributed by atoms with Gasteiger partial charge in [-0.05, 0) is 23.5 Å². The third-order valence-electron chi connectivity index (χ3n) is 2.89. The lowest BCUT2D eigenvalue weighted by Crippen LogP contribution is -2.03. The van der Waals surface area contributed by atoms with Crippen molar-refractivity contribution in [1.29, 1.82) is 0 Å². The zero-order chi connectivity index (χ0) is 11.3. The molecule has 0 saturated carbocycles. The molecule has 0 aliphatic carbocycles. The fourth-order valence-corrected chi connectivity index (χ4v) is 1.53. The van der Waals surface area contributed by atoms with Gasteiger partial charge in [0.25, 0.3) is 0 Å². The quantitative estimate of drug-likeness (QED) is 0.772. The topological polar surface area (TPSA) is 12.0 Å². The van der Waals surface area contributed by atoms with Crippen molar-refractivity contribution in [3.63, 3.8) is 0 Å². The van der Waals surface area contributed by atoms with Crippen molar-refractivity contribution in [3.8, 4) is 0 Å². The highest BCUT2D eigenvalue weighted by Crippen LogP contribution is 2.15. The second kappa shape index (κ2) is 5.59. The Morgan fingerprint density at radius 3 is 2.40 bits per heavy atom. The van der Waals surface area contributed by atoms with E-state index in [0.717, 1.165) is 11.6 Å². The van der Waals surface area contributed by atoms with Crippen LogP contribution in [0.25, 0.3) is 5.70 Å². The highest BCUT2D eigenvalue weighted by molar-refractivity contribution is 5.61. The van der Waals surface area contributed by atoms with Gasteiger partial charge in [-0.2, -0.15) is 0 Å². The SMILES string of the molecule is C=C(NC)c1ccc(CC(C)CC)cc1. The van der Waals surface area contributed by atoms with E-state index in [0.29, 0.717) is 0 Å². The van der Waals surface area contributed by atoms with Crippen LogP contribution >= 0.6 is 0 Å². The van der Waals surface area contributed by atoms with Gasteiger partial charge in [-0.3, -0.25) is 0 Å². The molecule has 0 aliphatic rings. The molecule has 1 aromatic carbocycles. The summed E-state index contributed by atoms with van der Waals surface area (Å²) in [6, 6.07) is 8.67. The molecule has 1 heteroatoms. The summed E-state index contributed by atoms with van der Waals surface area (Å²) in [4.78, 5) is 0. The van der Waals surface area contributed by atoms with Crippen molar-refractivity contribution in [3.05, 3.63) is 42.0 Å². The molecule has 15 heavy (non-hydrogen) atoms. The number of hydrogen-bond acceptors (Lipinski definition) is 1. The largest absolute Gasteiger partial charge is 0.388 e. The monoisotopic (exact) mass is 203 g/mol. The number of nitrogens with one attached hydrogen (secondary N) is 1. The molecule has 0 spiro atoms. The molecule has 0 radical (unpaired) electrons. The minimum Gasteiger partial charge on any atom is -0.388 e. The van der Waals surface area contributed by atoms with E-state index in [1.165, 1.54) is 24.0 Å². The summed E-state index contributed by atoms with van der Waals surface area (Å²) in [5.74, 6) is 0.767. The van der Waals surface area contributed by atoms with Gasteiger partial charge in [-0.15, -0.1) is 0 Å². The predicted molar refractivity (Wildman–Crippen MR) is 67.7 cm³/mol. The van der Waals surface area contributed by atoms with E-state index in [-0.39, 0.29) is 0 Å². The first-order valence-corrected chi connectivity index (χ1v) is 5.63. The summed E-state index contributed by atoms with van der Waals surface area (Å²) in [5, 5.41) is 3.06. The van der Waals surface area contributed by atoms with E-state index in [4.69, 9.17) is 0 Å². The molecule has 1 N–H and O–H groups in total. The Morgan fingerprint density at radius 1 is 1.33 bits per heavy atom. The van der Waals surface area contributed by atoms with Gasteiger partial charge in [-0.25, -0.2) is 0 Å². The zero-order valence-corrected chi connectivity index (χ0v) is 10.0. The molecular formula is C14H21N. The van der Waals surface area contributed by atoms with Crippen LogP contribution in [-0.4, -0.2) is 7.05 Å².